The van der Waals surface area contributed by atoms with Gasteiger partial charge in [0.1, 0.15) is 0 Å². The Morgan fingerprint density at radius 2 is 2.19 bits per heavy atom. The molecule has 0 amide bonds. The van der Waals surface area contributed by atoms with Crippen molar-refractivity contribution in [2.45, 2.75) is 6.54 Å². The van der Waals surface area contributed by atoms with Gasteiger partial charge in [-0.2, -0.15) is 0 Å². The second-order valence-electron chi connectivity index (χ2n) is 3.07. The molecule has 84 valence electrons. The van der Waals surface area contributed by atoms with Crippen molar-refractivity contribution in [2.24, 2.45) is 5.73 Å². The molecular formula is C9H8BrN3O3. The predicted octanol–water partition coefficient (Wildman–Crippen LogP) is 0.340. The molecule has 0 aromatic carbocycles. The van der Waals surface area contributed by atoms with E-state index in [-0.39, 0.29) is 6.54 Å². The van der Waals surface area contributed by atoms with E-state index in [0.29, 0.717) is 16.1 Å². The largest absolute Gasteiger partial charge is 0.433 e. The van der Waals surface area contributed by atoms with Crippen LogP contribution < -0.4 is 17.0 Å². The minimum atomic E-state index is -0.566. The number of aromatic amines is 1. The number of H-pyrrole nitrogens is 1. The molecular weight excluding hydrogens is 278 g/mol. The van der Waals surface area contributed by atoms with Gasteiger partial charge in [0.2, 0.25) is 5.88 Å². The smallest absolute Gasteiger partial charge is 0.335 e. The van der Waals surface area contributed by atoms with Crippen molar-refractivity contribution in [1.82, 2.24) is 9.55 Å². The molecule has 0 aliphatic heterocycles. The average Bonchev–Trinajstić information content (AvgIpc) is 2.65. The third kappa shape index (κ3) is 1.86. The zero-order valence-corrected chi connectivity index (χ0v) is 9.65. The van der Waals surface area contributed by atoms with Crippen molar-refractivity contribution in [2.75, 3.05) is 0 Å². The number of nitrogens with zero attached hydrogens (tertiary/aromatic N) is 1. The molecule has 7 heteroatoms. The van der Waals surface area contributed by atoms with Crippen LogP contribution in [0.1, 0.15) is 5.56 Å². The summed E-state index contributed by atoms with van der Waals surface area (Å²) in [5, 5.41) is 0. The van der Waals surface area contributed by atoms with E-state index in [1.165, 1.54) is 10.8 Å². The lowest BCUT2D eigenvalue weighted by Crippen LogP contribution is -2.31. The van der Waals surface area contributed by atoms with Gasteiger partial charge in [-0.1, -0.05) is 0 Å². The zero-order chi connectivity index (χ0) is 11.7. The Morgan fingerprint density at radius 3 is 2.75 bits per heavy atom. The summed E-state index contributed by atoms with van der Waals surface area (Å²) in [7, 11) is 0. The summed E-state index contributed by atoms with van der Waals surface area (Å²) in [6, 6.07) is 3.25. The fraction of sp³-hybridized carbons (Fsp3) is 0.111. The monoisotopic (exact) mass is 285 g/mol. The van der Waals surface area contributed by atoms with Crippen molar-refractivity contribution in [1.29, 1.82) is 0 Å². The average molecular weight is 286 g/mol. The molecule has 6 nitrogen and oxygen atoms in total. The van der Waals surface area contributed by atoms with Crippen molar-refractivity contribution in [3.63, 3.8) is 0 Å². The van der Waals surface area contributed by atoms with Crippen molar-refractivity contribution in [3.05, 3.63) is 49.4 Å². The van der Waals surface area contributed by atoms with Gasteiger partial charge in [-0.25, -0.2) is 9.36 Å². The molecule has 0 radical (unpaired) electrons. The lowest BCUT2D eigenvalue weighted by Gasteiger charge is -2.02. The molecule has 3 N–H and O–H groups in total. The fourth-order valence-corrected chi connectivity index (χ4v) is 1.55. The molecule has 0 bridgehead atoms. The maximum absolute atomic E-state index is 11.5. The number of rotatable bonds is 2. The van der Waals surface area contributed by atoms with Gasteiger partial charge in [0.15, 0.2) is 4.67 Å². The Labute approximate surface area is 97.8 Å². The first-order chi connectivity index (χ1) is 7.61. The van der Waals surface area contributed by atoms with E-state index < -0.39 is 11.2 Å². The first kappa shape index (κ1) is 10.9. The lowest BCUT2D eigenvalue weighted by molar-refractivity contribution is 0.507. The number of halogens is 1. The van der Waals surface area contributed by atoms with Crippen molar-refractivity contribution >= 4 is 15.9 Å². The van der Waals surface area contributed by atoms with Crippen LogP contribution in [0.4, 0.5) is 0 Å². The third-order valence-corrected chi connectivity index (χ3v) is 2.46. The van der Waals surface area contributed by atoms with Crippen molar-refractivity contribution in [3.8, 4) is 5.88 Å². The Hall–Kier alpha value is -1.60. The summed E-state index contributed by atoms with van der Waals surface area (Å²) in [6.07, 6.45) is 1.37. The second-order valence-corrected chi connectivity index (χ2v) is 3.85. The highest BCUT2D eigenvalue weighted by Gasteiger charge is 2.07. The van der Waals surface area contributed by atoms with Crippen LogP contribution in [-0.2, 0) is 6.54 Å². The molecule has 2 aromatic heterocycles. The van der Waals surface area contributed by atoms with Gasteiger partial charge in [0.05, 0.1) is 0 Å². The SMILES string of the molecule is NCc1cn(-c2ccc(Br)o2)c(=O)[nH]c1=O. The molecule has 0 saturated carbocycles. The van der Waals surface area contributed by atoms with Gasteiger partial charge >= 0.3 is 5.69 Å². The van der Waals surface area contributed by atoms with Crippen molar-refractivity contribution < 1.29 is 4.42 Å². The Morgan fingerprint density at radius 1 is 1.44 bits per heavy atom. The standard InChI is InChI=1S/C9H8BrN3O3/c10-6-1-2-7(16-6)13-4-5(3-11)8(14)12-9(13)15/h1-2,4H,3,11H2,(H,12,14,15). The number of nitrogens with one attached hydrogen (secondary N) is 1. The minimum absolute atomic E-state index is 0.0531. The number of aromatic nitrogens is 2. The Balaban J connectivity index is 2.66. The predicted molar refractivity (Wildman–Crippen MR) is 60.5 cm³/mol. The summed E-state index contributed by atoms with van der Waals surface area (Å²) in [6.45, 7) is 0.0531. The van der Waals surface area contributed by atoms with Gasteiger partial charge < -0.3 is 10.2 Å². The van der Waals surface area contributed by atoms with Crippen LogP contribution in [0.5, 0.6) is 0 Å². The van der Waals surface area contributed by atoms with E-state index in [2.05, 4.69) is 20.9 Å². The molecule has 2 aromatic rings. The molecule has 2 rings (SSSR count). The minimum Gasteiger partial charge on any atom is -0.433 e. The molecule has 0 saturated heterocycles. The van der Waals surface area contributed by atoms with E-state index in [1.54, 1.807) is 12.1 Å². The highest BCUT2D eigenvalue weighted by atomic mass is 79.9. The molecule has 0 aliphatic carbocycles. The number of furan rings is 1. The van der Waals surface area contributed by atoms with Crippen LogP contribution in [0.3, 0.4) is 0 Å². The first-order valence-corrected chi connectivity index (χ1v) is 5.22. The zero-order valence-electron chi connectivity index (χ0n) is 8.07. The van der Waals surface area contributed by atoms with Gasteiger partial charge in [-0.3, -0.25) is 9.78 Å². The van der Waals surface area contributed by atoms with Crippen LogP contribution in [0, 0.1) is 0 Å². The van der Waals surface area contributed by atoms with Crippen LogP contribution in [0.15, 0.2) is 37.0 Å². The van der Waals surface area contributed by atoms with Crippen LogP contribution in [0.2, 0.25) is 0 Å². The van der Waals surface area contributed by atoms with Crippen LogP contribution >= 0.6 is 15.9 Å². The first-order valence-electron chi connectivity index (χ1n) is 4.42. The fourth-order valence-electron chi connectivity index (χ4n) is 1.25. The summed E-state index contributed by atoms with van der Waals surface area (Å²) in [4.78, 5) is 24.9. The normalized spacial score (nSPS) is 10.6. The van der Waals surface area contributed by atoms with E-state index in [4.69, 9.17) is 10.2 Å². The maximum atomic E-state index is 11.5. The maximum Gasteiger partial charge on any atom is 0.335 e. The highest BCUT2D eigenvalue weighted by Crippen LogP contribution is 2.16. The molecule has 0 atom stereocenters. The number of hydrogen-bond acceptors (Lipinski definition) is 4. The molecule has 2 heterocycles. The lowest BCUT2D eigenvalue weighted by atomic mass is 10.3. The van der Waals surface area contributed by atoms with Gasteiger partial charge in [0.25, 0.3) is 5.56 Å². The van der Waals surface area contributed by atoms with Crippen LogP contribution in [-0.4, -0.2) is 9.55 Å². The number of nitrogens with two attached hydrogens (primary N) is 1. The van der Waals surface area contributed by atoms with E-state index >= 15 is 0 Å². The van der Waals surface area contributed by atoms with Crippen LogP contribution in [0.25, 0.3) is 5.88 Å². The third-order valence-electron chi connectivity index (χ3n) is 2.03. The molecule has 0 fully saturated rings. The van der Waals surface area contributed by atoms with E-state index in [0.717, 1.165) is 0 Å². The van der Waals surface area contributed by atoms with Gasteiger partial charge in [-0.05, 0) is 22.0 Å². The molecule has 0 unspecified atom stereocenters. The highest BCUT2D eigenvalue weighted by molar-refractivity contribution is 9.10. The quantitative estimate of drug-likeness (QED) is 0.832. The van der Waals surface area contributed by atoms with E-state index in [9.17, 15) is 9.59 Å². The molecule has 0 aliphatic rings. The summed E-state index contributed by atoms with van der Waals surface area (Å²) in [5.74, 6) is 0.308. The van der Waals surface area contributed by atoms with E-state index in [1.807, 2.05) is 0 Å². The summed E-state index contributed by atoms with van der Waals surface area (Å²) >= 11 is 3.13. The second kappa shape index (κ2) is 4.11. The summed E-state index contributed by atoms with van der Waals surface area (Å²) < 4.78 is 6.89. The van der Waals surface area contributed by atoms with Gasteiger partial charge in [0, 0.05) is 24.4 Å². The Bertz CT molecular complexity index is 625. The summed E-state index contributed by atoms with van der Waals surface area (Å²) in [5.41, 5.74) is 4.65. The number of hydrogen-bond donors (Lipinski definition) is 2. The topological polar surface area (TPSA) is 94.0 Å². The Kier molecular flexibility index (Phi) is 2.80. The van der Waals surface area contributed by atoms with Gasteiger partial charge in [-0.15, -0.1) is 0 Å². The molecule has 0 spiro atoms. The molecule has 16 heavy (non-hydrogen) atoms.